The number of Topliss-reactive ketones (excluding diaryl/α,β-unsaturated/α-hetero) is 1. The van der Waals surface area contributed by atoms with Crippen molar-refractivity contribution in [2.24, 2.45) is 7.05 Å². The van der Waals surface area contributed by atoms with Crippen molar-refractivity contribution >= 4 is 11.7 Å². The summed E-state index contributed by atoms with van der Waals surface area (Å²) in [6, 6.07) is 2.76. The number of ketones is 1. The summed E-state index contributed by atoms with van der Waals surface area (Å²) >= 11 is 0. The third kappa shape index (κ3) is 3.05. The van der Waals surface area contributed by atoms with Crippen molar-refractivity contribution < 1.29 is 9.59 Å². The molecule has 0 aliphatic carbocycles. The van der Waals surface area contributed by atoms with Crippen LogP contribution in [0.3, 0.4) is 0 Å². The van der Waals surface area contributed by atoms with Crippen LogP contribution in [-0.2, 0) is 11.8 Å². The molecule has 0 spiro atoms. The van der Waals surface area contributed by atoms with Gasteiger partial charge in [-0.3, -0.25) is 14.4 Å². The lowest BCUT2D eigenvalue weighted by Gasteiger charge is -2.03. The first-order chi connectivity index (χ1) is 7.00. The van der Waals surface area contributed by atoms with Crippen LogP contribution in [0.5, 0.6) is 0 Å². The number of hydrogen-bond donors (Lipinski definition) is 1. The Morgan fingerprint density at radius 1 is 1.47 bits per heavy atom. The van der Waals surface area contributed by atoms with Crippen molar-refractivity contribution in [2.45, 2.75) is 6.92 Å². The van der Waals surface area contributed by atoms with Crippen LogP contribution in [0, 0.1) is 0 Å². The van der Waals surface area contributed by atoms with Crippen molar-refractivity contribution in [3.05, 3.63) is 34.2 Å². The fraction of sp³-hybridized carbons (Fsp3) is 0.300. The smallest absolute Gasteiger partial charge is 0.251 e. The SMILES string of the molecule is CC(=O)CNC(=O)c1ccn(C)c(=O)c1. The van der Waals surface area contributed by atoms with Gasteiger partial charge >= 0.3 is 0 Å². The summed E-state index contributed by atoms with van der Waals surface area (Å²) < 4.78 is 1.36. The van der Waals surface area contributed by atoms with E-state index in [1.54, 1.807) is 7.05 Å². The molecule has 1 aromatic heterocycles. The summed E-state index contributed by atoms with van der Waals surface area (Å²) in [6.07, 6.45) is 1.50. The molecule has 0 atom stereocenters. The Morgan fingerprint density at radius 2 is 2.13 bits per heavy atom. The highest BCUT2D eigenvalue weighted by molar-refractivity contribution is 5.96. The van der Waals surface area contributed by atoms with Crippen LogP contribution in [0.2, 0.25) is 0 Å². The Hall–Kier alpha value is -1.91. The Kier molecular flexibility index (Phi) is 3.38. The van der Waals surface area contributed by atoms with Crippen molar-refractivity contribution in [1.82, 2.24) is 9.88 Å². The molecule has 1 heterocycles. The van der Waals surface area contributed by atoms with E-state index in [1.807, 2.05) is 0 Å². The zero-order chi connectivity index (χ0) is 11.4. The van der Waals surface area contributed by atoms with E-state index >= 15 is 0 Å². The molecule has 0 saturated carbocycles. The molecule has 0 unspecified atom stereocenters. The van der Waals surface area contributed by atoms with Gasteiger partial charge in [0.2, 0.25) is 0 Å². The summed E-state index contributed by atoms with van der Waals surface area (Å²) in [5.74, 6) is -0.546. The fourth-order valence-corrected chi connectivity index (χ4v) is 0.997. The predicted octanol–water partition coefficient (Wildman–Crippen LogP) is -0.296. The van der Waals surface area contributed by atoms with Crippen molar-refractivity contribution in [3.63, 3.8) is 0 Å². The van der Waals surface area contributed by atoms with Gasteiger partial charge < -0.3 is 9.88 Å². The average Bonchev–Trinajstić information content (AvgIpc) is 2.18. The summed E-state index contributed by atoms with van der Waals surface area (Å²) in [5.41, 5.74) is 0.00447. The van der Waals surface area contributed by atoms with Crippen LogP contribution in [0.25, 0.3) is 0 Å². The van der Waals surface area contributed by atoms with Gasteiger partial charge in [-0.15, -0.1) is 0 Å². The molecule has 0 fully saturated rings. The monoisotopic (exact) mass is 208 g/mol. The third-order valence-electron chi connectivity index (χ3n) is 1.86. The van der Waals surface area contributed by atoms with E-state index in [4.69, 9.17) is 0 Å². The highest BCUT2D eigenvalue weighted by atomic mass is 16.2. The zero-order valence-electron chi connectivity index (χ0n) is 8.61. The van der Waals surface area contributed by atoms with Crippen molar-refractivity contribution in [1.29, 1.82) is 0 Å². The van der Waals surface area contributed by atoms with E-state index in [9.17, 15) is 14.4 Å². The maximum atomic E-state index is 11.4. The molecular formula is C10H12N2O3. The van der Waals surface area contributed by atoms with Crippen LogP contribution in [0.1, 0.15) is 17.3 Å². The van der Waals surface area contributed by atoms with Crippen LogP contribution >= 0.6 is 0 Å². The van der Waals surface area contributed by atoms with Gasteiger partial charge in [-0.2, -0.15) is 0 Å². The lowest BCUT2D eigenvalue weighted by Crippen LogP contribution is -2.29. The summed E-state index contributed by atoms with van der Waals surface area (Å²) in [7, 11) is 1.60. The maximum absolute atomic E-state index is 11.4. The van der Waals surface area contributed by atoms with Crippen LogP contribution in [0.4, 0.5) is 0 Å². The maximum Gasteiger partial charge on any atom is 0.251 e. The van der Waals surface area contributed by atoms with Gasteiger partial charge in [-0.25, -0.2) is 0 Å². The molecular weight excluding hydrogens is 196 g/mol. The first kappa shape index (κ1) is 11.2. The number of carbonyl (C=O) groups is 2. The minimum absolute atomic E-state index is 0.0198. The van der Waals surface area contributed by atoms with Gasteiger partial charge in [0.15, 0.2) is 0 Å². The summed E-state index contributed by atoms with van der Waals surface area (Å²) in [5, 5.41) is 2.41. The molecule has 1 aromatic rings. The second-order valence-corrected chi connectivity index (χ2v) is 3.25. The Bertz CT molecular complexity index is 448. The lowest BCUT2D eigenvalue weighted by atomic mass is 10.2. The van der Waals surface area contributed by atoms with Crippen LogP contribution < -0.4 is 10.9 Å². The average molecular weight is 208 g/mol. The molecule has 15 heavy (non-hydrogen) atoms. The van der Waals surface area contributed by atoms with Crippen LogP contribution in [0.15, 0.2) is 23.1 Å². The molecule has 0 aliphatic rings. The van der Waals surface area contributed by atoms with Gasteiger partial charge in [-0.05, 0) is 13.0 Å². The van der Waals surface area contributed by atoms with E-state index in [-0.39, 0.29) is 23.5 Å². The van der Waals surface area contributed by atoms with E-state index in [2.05, 4.69) is 5.32 Å². The molecule has 0 saturated heterocycles. The Balaban J connectivity index is 2.79. The quantitative estimate of drug-likeness (QED) is 0.741. The lowest BCUT2D eigenvalue weighted by molar-refractivity contribution is -0.116. The number of carbonyl (C=O) groups excluding carboxylic acids is 2. The number of rotatable bonds is 3. The number of hydrogen-bond acceptors (Lipinski definition) is 3. The van der Waals surface area contributed by atoms with E-state index in [0.717, 1.165) is 0 Å². The molecule has 1 amide bonds. The van der Waals surface area contributed by atoms with Crippen molar-refractivity contribution in [3.8, 4) is 0 Å². The van der Waals surface area contributed by atoms with Crippen molar-refractivity contribution in [2.75, 3.05) is 6.54 Å². The normalized spacial score (nSPS) is 9.73. The van der Waals surface area contributed by atoms with E-state index < -0.39 is 5.91 Å². The largest absolute Gasteiger partial charge is 0.345 e. The topological polar surface area (TPSA) is 68.2 Å². The minimum Gasteiger partial charge on any atom is -0.345 e. The summed E-state index contributed by atoms with van der Waals surface area (Å²) in [6.45, 7) is 1.36. The highest BCUT2D eigenvalue weighted by Gasteiger charge is 2.06. The molecule has 5 nitrogen and oxygen atoms in total. The Labute approximate surface area is 86.7 Å². The molecule has 0 bridgehead atoms. The summed E-state index contributed by atoms with van der Waals surface area (Å²) in [4.78, 5) is 33.2. The second kappa shape index (κ2) is 4.54. The first-order valence-electron chi connectivity index (χ1n) is 4.45. The second-order valence-electron chi connectivity index (χ2n) is 3.25. The van der Waals surface area contributed by atoms with E-state index in [1.165, 1.54) is 29.8 Å². The fourth-order valence-electron chi connectivity index (χ4n) is 0.997. The van der Waals surface area contributed by atoms with Gasteiger partial charge in [0.05, 0.1) is 6.54 Å². The zero-order valence-corrected chi connectivity index (χ0v) is 8.61. The number of amides is 1. The molecule has 0 radical (unpaired) electrons. The Morgan fingerprint density at radius 3 is 2.67 bits per heavy atom. The molecule has 1 N–H and O–H groups in total. The number of nitrogens with one attached hydrogen (secondary N) is 1. The first-order valence-corrected chi connectivity index (χ1v) is 4.45. The molecule has 0 aliphatic heterocycles. The third-order valence-corrected chi connectivity index (χ3v) is 1.86. The predicted molar refractivity (Wildman–Crippen MR) is 54.7 cm³/mol. The number of pyridine rings is 1. The minimum atomic E-state index is -0.414. The standard InChI is InChI=1S/C10H12N2O3/c1-7(13)6-11-10(15)8-3-4-12(2)9(14)5-8/h3-5H,6H2,1-2H3,(H,11,15). The van der Waals surface area contributed by atoms with E-state index in [0.29, 0.717) is 0 Å². The van der Waals surface area contributed by atoms with Gasteiger partial charge in [-0.1, -0.05) is 0 Å². The van der Waals surface area contributed by atoms with Gasteiger partial charge in [0, 0.05) is 24.9 Å². The molecule has 0 aromatic carbocycles. The number of aryl methyl sites for hydroxylation is 1. The molecule has 80 valence electrons. The highest BCUT2D eigenvalue weighted by Crippen LogP contribution is 1.93. The van der Waals surface area contributed by atoms with Gasteiger partial charge in [0.1, 0.15) is 5.78 Å². The number of nitrogens with zero attached hydrogens (tertiary/aromatic N) is 1. The van der Waals surface area contributed by atoms with Crippen LogP contribution in [-0.4, -0.2) is 22.8 Å². The molecule has 1 rings (SSSR count). The number of aromatic nitrogens is 1. The molecule has 5 heteroatoms. The van der Waals surface area contributed by atoms with Gasteiger partial charge in [0.25, 0.3) is 11.5 Å².